The van der Waals surface area contributed by atoms with Crippen LogP contribution in [0.2, 0.25) is 5.02 Å². The minimum absolute atomic E-state index is 0.0284. The molecule has 2 bridgehead atoms. The number of halogens is 1. The van der Waals surface area contributed by atoms with Crippen LogP contribution in [0.5, 0.6) is 0 Å². The van der Waals surface area contributed by atoms with Crippen LogP contribution in [0.4, 0.5) is 5.69 Å². The molecule has 1 spiro atoms. The molecule has 0 unspecified atom stereocenters. The number of nitrogens with zero attached hydrogens (tertiary/aromatic N) is 1. The van der Waals surface area contributed by atoms with Crippen molar-refractivity contribution in [1.29, 1.82) is 0 Å². The molecular formula is C29H36ClN3O4. The van der Waals surface area contributed by atoms with E-state index in [-0.39, 0.29) is 29.8 Å². The first-order valence-corrected chi connectivity index (χ1v) is 14.3. The van der Waals surface area contributed by atoms with E-state index in [0.717, 1.165) is 51.4 Å². The minimum Gasteiger partial charge on any atom is -0.359 e. The van der Waals surface area contributed by atoms with Gasteiger partial charge in [-0.1, -0.05) is 62.8 Å². The Morgan fingerprint density at radius 1 is 1.00 bits per heavy atom. The number of nitrogens with one attached hydrogen (secondary N) is 2. The summed E-state index contributed by atoms with van der Waals surface area (Å²) in [4.78, 5) is 43.7. The summed E-state index contributed by atoms with van der Waals surface area (Å²) in [6, 6.07) is 6.26. The second-order valence-electron chi connectivity index (χ2n) is 11.6. The first-order valence-electron chi connectivity index (χ1n) is 14.0. The molecule has 2 saturated carbocycles. The predicted molar refractivity (Wildman–Crippen MR) is 141 cm³/mol. The molecule has 0 aromatic heterocycles. The molecule has 4 fully saturated rings. The van der Waals surface area contributed by atoms with Gasteiger partial charge in [-0.3, -0.25) is 14.4 Å². The Labute approximate surface area is 223 Å². The lowest BCUT2D eigenvalue weighted by Gasteiger charge is -2.42. The van der Waals surface area contributed by atoms with E-state index in [4.69, 9.17) is 16.3 Å². The lowest BCUT2D eigenvalue weighted by Crippen LogP contribution is -2.59. The van der Waals surface area contributed by atoms with Gasteiger partial charge in [-0.2, -0.15) is 0 Å². The molecule has 3 aliphatic heterocycles. The Bertz CT molecular complexity index is 1100. The quantitative estimate of drug-likeness (QED) is 0.556. The van der Waals surface area contributed by atoms with E-state index in [2.05, 4.69) is 17.6 Å². The highest BCUT2D eigenvalue weighted by Crippen LogP contribution is 2.56. The lowest BCUT2D eigenvalue weighted by atomic mass is 9.74. The maximum Gasteiger partial charge on any atom is 0.246 e. The normalized spacial score (nSPS) is 37.0. The molecule has 2 aliphatic carbocycles. The van der Waals surface area contributed by atoms with Crippen LogP contribution in [0.15, 0.2) is 36.4 Å². The smallest absolute Gasteiger partial charge is 0.246 e. The molecule has 1 aromatic carbocycles. The lowest BCUT2D eigenvalue weighted by molar-refractivity contribution is -0.146. The molecule has 37 heavy (non-hydrogen) atoms. The number of carbonyl (C=O) groups excluding carboxylic acids is 3. The SMILES string of the molecule is C[C@@H]1CCCC[C@@H]1N1C(=O)[C@H]2[C@H](C(=O)Nc3ccc(Cl)cc3)[C@H]3C=C[C@@]2(O3)[C@@H]1C(=O)NC1CCCCC1. The van der Waals surface area contributed by atoms with Crippen LogP contribution in [0.25, 0.3) is 0 Å². The summed E-state index contributed by atoms with van der Waals surface area (Å²) in [6.45, 7) is 2.18. The van der Waals surface area contributed by atoms with Gasteiger partial charge in [-0.05, 0) is 55.9 Å². The van der Waals surface area contributed by atoms with E-state index in [0.29, 0.717) is 16.6 Å². The van der Waals surface area contributed by atoms with Crippen LogP contribution in [-0.2, 0) is 19.1 Å². The summed E-state index contributed by atoms with van der Waals surface area (Å²) in [7, 11) is 0. The number of fused-ring (bicyclic) bond motifs is 1. The van der Waals surface area contributed by atoms with Crippen molar-refractivity contribution in [3.8, 4) is 0 Å². The van der Waals surface area contributed by atoms with Gasteiger partial charge in [0.05, 0.1) is 17.9 Å². The number of benzene rings is 1. The minimum atomic E-state index is -1.11. The summed E-state index contributed by atoms with van der Waals surface area (Å²) >= 11 is 6.01. The fourth-order valence-corrected chi connectivity index (χ4v) is 7.69. The fourth-order valence-electron chi connectivity index (χ4n) is 7.56. The van der Waals surface area contributed by atoms with Crippen LogP contribution < -0.4 is 10.6 Å². The zero-order valence-electron chi connectivity index (χ0n) is 21.3. The number of hydrogen-bond acceptors (Lipinski definition) is 4. The number of hydrogen-bond donors (Lipinski definition) is 2. The Morgan fingerprint density at radius 2 is 1.70 bits per heavy atom. The third-order valence-electron chi connectivity index (χ3n) is 9.35. The molecule has 2 saturated heterocycles. The topological polar surface area (TPSA) is 87.7 Å². The van der Waals surface area contributed by atoms with Crippen molar-refractivity contribution in [1.82, 2.24) is 10.2 Å². The maximum atomic E-state index is 14.3. The predicted octanol–water partition coefficient (Wildman–Crippen LogP) is 4.46. The summed E-state index contributed by atoms with van der Waals surface area (Å²) in [5.41, 5.74) is -0.496. The number of rotatable bonds is 5. The third kappa shape index (κ3) is 4.19. The number of anilines is 1. The van der Waals surface area contributed by atoms with E-state index in [1.54, 1.807) is 24.3 Å². The van der Waals surface area contributed by atoms with Crippen molar-refractivity contribution in [3.63, 3.8) is 0 Å². The van der Waals surface area contributed by atoms with Crippen molar-refractivity contribution in [3.05, 3.63) is 41.4 Å². The van der Waals surface area contributed by atoms with Gasteiger partial charge in [0.15, 0.2) is 0 Å². The average Bonchev–Trinajstić information content (AvgIpc) is 3.54. The average molecular weight is 526 g/mol. The van der Waals surface area contributed by atoms with E-state index >= 15 is 0 Å². The highest BCUT2D eigenvalue weighted by Gasteiger charge is 2.73. The first kappa shape index (κ1) is 24.9. The van der Waals surface area contributed by atoms with Gasteiger partial charge in [0.25, 0.3) is 0 Å². The van der Waals surface area contributed by atoms with Gasteiger partial charge in [0.2, 0.25) is 17.7 Å². The van der Waals surface area contributed by atoms with Crippen molar-refractivity contribution < 1.29 is 19.1 Å². The number of likely N-dealkylation sites (tertiary alicyclic amines) is 1. The number of carbonyl (C=O) groups is 3. The van der Waals surface area contributed by atoms with Crippen LogP contribution >= 0.6 is 11.6 Å². The van der Waals surface area contributed by atoms with E-state index < -0.39 is 29.6 Å². The first-order chi connectivity index (χ1) is 17.9. The number of amides is 3. The van der Waals surface area contributed by atoms with Gasteiger partial charge in [-0.25, -0.2) is 0 Å². The van der Waals surface area contributed by atoms with E-state index in [1.165, 1.54) is 6.42 Å². The summed E-state index contributed by atoms with van der Waals surface area (Å²) in [5, 5.41) is 6.82. The Hall–Kier alpha value is -2.38. The highest BCUT2D eigenvalue weighted by molar-refractivity contribution is 6.30. The third-order valence-corrected chi connectivity index (χ3v) is 9.60. The van der Waals surface area contributed by atoms with E-state index in [9.17, 15) is 14.4 Å². The maximum absolute atomic E-state index is 14.3. The molecule has 7 nitrogen and oxygen atoms in total. The summed E-state index contributed by atoms with van der Waals surface area (Å²) in [6.07, 6.45) is 12.7. The van der Waals surface area contributed by atoms with Crippen molar-refractivity contribution in [2.45, 2.75) is 94.5 Å². The molecule has 6 rings (SSSR count). The van der Waals surface area contributed by atoms with Crippen LogP contribution in [0.3, 0.4) is 0 Å². The Balaban J connectivity index is 1.33. The van der Waals surface area contributed by atoms with Gasteiger partial charge in [-0.15, -0.1) is 0 Å². The molecule has 5 aliphatic rings. The Kier molecular flexibility index (Phi) is 6.56. The molecule has 2 N–H and O–H groups in total. The number of ether oxygens (including phenoxy) is 1. The summed E-state index contributed by atoms with van der Waals surface area (Å²) < 4.78 is 6.51. The second-order valence-corrected chi connectivity index (χ2v) is 12.1. The fraction of sp³-hybridized carbons (Fsp3) is 0.621. The standard InChI is InChI=1S/C29H36ClN3O4/c1-17-7-5-6-10-21(17)33-25(27(35)32-19-8-3-2-4-9-19)29-16-15-22(37-29)23(24(29)28(33)36)26(34)31-20-13-11-18(30)12-14-20/h11-17,19,21-25H,2-10H2,1H3,(H,31,34)(H,32,35)/t17-,21+,22-,23-,24-,25+,29+/m1/s1. The van der Waals surface area contributed by atoms with E-state index in [1.807, 2.05) is 17.1 Å². The largest absolute Gasteiger partial charge is 0.359 e. The van der Waals surface area contributed by atoms with Gasteiger partial charge >= 0.3 is 0 Å². The van der Waals surface area contributed by atoms with Crippen LogP contribution in [0.1, 0.15) is 64.7 Å². The molecule has 198 valence electrons. The Morgan fingerprint density at radius 3 is 2.43 bits per heavy atom. The zero-order valence-corrected chi connectivity index (χ0v) is 22.1. The highest BCUT2D eigenvalue weighted by atomic mass is 35.5. The van der Waals surface area contributed by atoms with Gasteiger partial charge < -0.3 is 20.3 Å². The monoisotopic (exact) mass is 525 g/mol. The molecular weight excluding hydrogens is 490 g/mol. The van der Waals surface area contributed by atoms with Crippen LogP contribution in [-0.4, -0.2) is 52.5 Å². The zero-order chi connectivity index (χ0) is 25.7. The van der Waals surface area contributed by atoms with Crippen molar-refractivity contribution >= 4 is 35.0 Å². The van der Waals surface area contributed by atoms with Gasteiger partial charge in [0, 0.05) is 22.8 Å². The van der Waals surface area contributed by atoms with Crippen molar-refractivity contribution in [2.24, 2.45) is 17.8 Å². The molecule has 8 heteroatoms. The van der Waals surface area contributed by atoms with Crippen molar-refractivity contribution in [2.75, 3.05) is 5.32 Å². The molecule has 0 radical (unpaired) electrons. The van der Waals surface area contributed by atoms with Gasteiger partial charge in [0.1, 0.15) is 11.6 Å². The molecule has 7 atom stereocenters. The van der Waals surface area contributed by atoms with Crippen LogP contribution in [0, 0.1) is 17.8 Å². The molecule has 3 amide bonds. The summed E-state index contributed by atoms with van der Waals surface area (Å²) in [5.74, 6) is -1.63. The molecule has 3 heterocycles. The molecule has 1 aromatic rings. The second kappa shape index (κ2) is 9.73.